The number of thioether (sulfide) groups is 1. The summed E-state index contributed by atoms with van der Waals surface area (Å²) in [6.07, 6.45) is 0. The summed E-state index contributed by atoms with van der Waals surface area (Å²) in [6.45, 7) is 3.93. The molecule has 0 saturated carbocycles. The van der Waals surface area contributed by atoms with Crippen molar-refractivity contribution in [1.82, 2.24) is 9.97 Å². The Balaban J connectivity index is 2.36. The van der Waals surface area contributed by atoms with Crippen molar-refractivity contribution in [1.29, 1.82) is 5.26 Å². The average molecular weight is 255 g/mol. The summed E-state index contributed by atoms with van der Waals surface area (Å²) >= 11 is 1.80. The van der Waals surface area contributed by atoms with Gasteiger partial charge in [0.2, 0.25) is 0 Å². The van der Waals surface area contributed by atoms with Gasteiger partial charge in [0.1, 0.15) is 17.6 Å². The number of benzene rings is 1. The monoisotopic (exact) mass is 255 g/mol. The van der Waals surface area contributed by atoms with Gasteiger partial charge in [0.15, 0.2) is 0 Å². The summed E-state index contributed by atoms with van der Waals surface area (Å²) in [4.78, 5) is 9.65. The molecule has 2 rings (SSSR count). The number of nitrogens with zero attached hydrogens (tertiary/aromatic N) is 3. The second-order valence-electron chi connectivity index (χ2n) is 3.75. The molecule has 1 heterocycles. The Bertz CT molecular complexity index is 585. The Hall–Kier alpha value is -1.86. The molecule has 0 fully saturated rings. The highest BCUT2D eigenvalue weighted by molar-refractivity contribution is 7.99. The molecule has 2 aromatic rings. The molecule has 0 atom stereocenters. The fourth-order valence-corrected chi connectivity index (χ4v) is 2.32. The Labute approximate surface area is 111 Å². The Morgan fingerprint density at radius 2 is 1.94 bits per heavy atom. The number of aryl methyl sites for hydroxylation is 1. The van der Waals surface area contributed by atoms with Crippen LogP contribution in [-0.2, 0) is 0 Å². The van der Waals surface area contributed by atoms with E-state index in [0.717, 1.165) is 17.0 Å². The number of hydrogen-bond acceptors (Lipinski definition) is 4. The van der Waals surface area contributed by atoms with E-state index >= 15 is 0 Å². The summed E-state index contributed by atoms with van der Waals surface area (Å²) in [7, 11) is 0. The van der Waals surface area contributed by atoms with Crippen molar-refractivity contribution >= 4 is 11.8 Å². The normalized spacial score (nSPS) is 10.1. The van der Waals surface area contributed by atoms with E-state index in [1.54, 1.807) is 24.8 Å². The van der Waals surface area contributed by atoms with Gasteiger partial charge in [0.25, 0.3) is 0 Å². The number of rotatable bonds is 3. The van der Waals surface area contributed by atoms with Gasteiger partial charge in [-0.3, -0.25) is 0 Å². The number of hydrogen-bond donors (Lipinski definition) is 0. The zero-order chi connectivity index (χ0) is 13.0. The molecule has 4 heteroatoms. The lowest BCUT2D eigenvalue weighted by molar-refractivity contribution is 1.04. The maximum absolute atomic E-state index is 8.90. The van der Waals surface area contributed by atoms with Gasteiger partial charge in [-0.15, -0.1) is 11.8 Å². The van der Waals surface area contributed by atoms with Gasteiger partial charge in [0, 0.05) is 16.5 Å². The molecule has 0 radical (unpaired) electrons. The molecular formula is C14H13N3S. The summed E-state index contributed by atoms with van der Waals surface area (Å²) in [5.74, 6) is 1.68. The van der Waals surface area contributed by atoms with Gasteiger partial charge in [-0.05, 0) is 24.8 Å². The molecule has 1 aromatic carbocycles. The van der Waals surface area contributed by atoms with Crippen molar-refractivity contribution < 1.29 is 0 Å². The van der Waals surface area contributed by atoms with Crippen LogP contribution in [0, 0.1) is 18.3 Å². The van der Waals surface area contributed by atoms with E-state index in [9.17, 15) is 0 Å². The fourth-order valence-electron chi connectivity index (χ4n) is 1.66. The van der Waals surface area contributed by atoms with Crippen molar-refractivity contribution in [2.24, 2.45) is 0 Å². The molecule has 90 valence electrons. The largest absolute Gasteiger partial charge is 0.233 e. The van der Waals surface area contributed by atoms with Gasteiger partial charge >= 0.3 is 0 Å². The summed E-state index contributed by atoms with van der Waals surface area (Å²) in [5.41, 5.74) is 2.22. The Kier molecular flexibility index (Phi) is 3.96. The summed E-state index contributed by atoms with van der Waals surface area (Å²) < 4.78 is 0. The summed E-state index contributed by atoms with van der Waals surface area (Å²) in [5, 5.41) is 8.90. The van der Waals surface area contributed by atoms with E-state index in [1.807, 2.05) is 12.1 Å². The summed E-state index contributed by atoms with van der Waals surface area (Å²) in [6, 6.07) is 12.0. The predicted molar refractivity (Wildman–Crippen MR) is 73.3 cm³/mol. The van der Waals surface area contributed by atoms with Crippen LogP contribution in [0.1, 0.15) is 18.4 Å². The highest BCUT2D eigenvalue weighted by Crippen LogP contribution is 2.23. The third kappa shape index (κ3) is 2.88. The Morgan fingerprint density at radius 3 is 2.56 bits per heavy atom. The van der Waals surface area contributed by atoms with Crippen molar-refractivity contribution in [3.8, 4) is 17.3 Å². The van der Waals surface area contributed by atoms with Gasteiger partial charge in [-0.25, -0.2) is 9.97 Å². The Morgan fingerprint density at radius 1 is 1.22 bits per heavy atom. The molecule has 18 heavy (non-hydrogen) atoms. The van der Waals surface area contributed by atoms with Crippen molar-refractivity contribution in [2.45, 2.75) is 18.7 Å². The topological polar surface area (TPSA) is 49.6 Å². The first-order valence-electron chi connectivity index (χ1n) is 5.72. The van der Waals surface area contributed by atoms with Crippen LogP contribution in [0.5, 0.6) is 0 Å². The molecule has 0 amide bonds. The third-order valence-electron chi connectivity index (χ3n) is 2.41. The van der Waals surface area contributed by atoms with Gasteiger partial charge in [-0.1, -0.05) is 19.1 Å². The molecule has 3 nitrogen and oxygen atoms in total. The van der Waals surface area contributed by atoms with Crippen LogP contribution in [0.4, 0.5) is 0 Å². The van der Waals surface area contributed by atoms with E-state index < -0.39 is 0 Å². The number of nitriles is 1. The van der Waals surface area contributed by atoms with Crippen molar-refractivity contribution in [3.05, 3.63) is 41.9 Å². The second-order valence-corrected chi connectivity index (χ2v) is 5.09. The lowest BCUT2D eigenvalue weighted by Crippen LogP contribution is -1.94. The first kappa shape index (κ1) is 12.6. The molecule has 0 N–H and O–H groups in total. The van der Waals surface area contributed by atoms with Crippen LogP contribution in [0.2, 0.25) is 0 Å². The minimum absolute atomic E-state index is 0.407. The van der Waals surface area contributed by atoms with Crippen LogP contribution < -0.4 is 0 Å². The quantitative estimate of drug-likeness (QED) is 0.788. The highest BCUT2D eigenvalue weighted by atomic mass is 32.2. The van der Waals surface area contributed by atoms with Crippen LogP contribution in [0.15, 0.2) is 35.2 Å². The van der Waals surface area contributed by atoms with Gasteiger partial charge in [0.05, 0.1) is 5.69 Å². The predicted octanol–water partition coefficient (Wildman–Crippen LogP) is 3.44. The van der Waals surface area contributed by atoms with E-state index in [2.05, 4.69) is 35.1 Å². The molecule has 0 aliphatic rings. The standard InChI is InChI=1S/C14H13N3S/c1-3-18-13-6-4-11(5-7-13)14-8-12(9-15)16-10(2)17-14/h4-8H,3H2,1-2H3. The lowest BCUT2D eigenvalue weighted by Gasteiger charge is -2.04. The van der Waals surface area contributed by atoms with Crippen LogP contribution >= 0.6 is 11.8 Å². The average Bonchev–Trinajstić information content (AvgIpc) is 2.39. The SMILES string of the molecule is CCSc1ccc(-c2cc(C#N)nc(C)n2)cc1. The first-order chi connectivity index (χ1) is 8.72. The lowest BCUT2D eigenvalue weighted by atomic mass is 10.1. The number of aromatic nitrogens is 2. The third-order valence-corrected chi connectivity index (χ3v) is 3.31. The zero-order valence-electron chi connectivity index (χ0n) is 10.3. The van der Waals surface area contributed by atoms with Crippen LogP contribution in [0.3, 0.4) is 0 Å². The maximum Gasteiger partial charge on any atom is 0.144 e. The fraction of sp³-hybridized carbons (Fsp3) is 0.214. The van der Waals surface area contributed by atoms with E-state index in [-0.39, 0.29) is 0 Å². The smallest absolute Gasteiger partial charge is 0.144 e. The van der Waals surface area contributed by atoms with E-state index in [4.69, 9.17) is 5.26 Å². The highest BCUT2D eigenvalue weighted by Gasteiger charge is 2.04. The molecule has 0 spiro atoms. The molecule has 0 aliphatic carbocycles. The van der Waals surface area contributed by atoms with Crippen LogP contribution in [0.25, 0.3) is 11.3 Å². The van der Waals surface area contributed by atoms with Gasteiger partial charge in [-0.2, -0.15) is 5.26 Å². The molecule has 1 aromatic heterocycles. The molecular weight excluding hydrogens is 242 g/mol. The van der Waals surface area contributed by atoms with E-state index in [1.165, 1.54) is 4.90 Å². The van der Waals surface area contributed by atoms with Crippen molar-refractivity contribution in [3.63, 3.8) is 0 Å². The minimum atomic E-state index is 0.407. The van der Waals surface area contributed by atoms with Gasteiger partial charge < -0.3 is 0 Å². The minimum Gasteiger partial charge on any atom is -0.233 e. The van der Waals surface area contributed by atoms with Crippen molar-refractivity contribution in [2.75, 3.05) is 5.75 Å². The molecule has 0 bridgehead atoms. The second kappa shape index (κ2) is 5.65. The maximum atomic E-state index is 8.90. The van der Waals surface area contributed by atoms with Crippen LogP contribution in [-0.4, -0.2) is 15.7 Å². The molecule has 0 saturated heterocycles. The van der Waals surface area contributed by atoms with E-state index in [0.29, 0.717) is 11.5 Å². The zero-order valence-corrected chi connectivity index (χ0v) is 11.2. The molecule has 0 unspecified atom stereocenters. The first-order valence-corrected chi connectivity index (χ1v) is 6.70. The molecule has 0 aliphatic heterocycles.